The molecule has 2 atom stereocenters. The van der Waals surface area contributed by atoms with Crippen LogP contribution in [0, 0.1) is 5.92 Å². The minimum Gasteiger partial charge on any atom is -0.480 e. The third kappa shape index (κ3) is 7.69. The highest BCUT2D eigenvalue weighted by Crippen LogP contribution is 2.22. The highest BCUT2D eigenvalue weighted by molar-refractivity contribution is 5.84. The van der Waals surface area contributed by atoms with Gasteiger partial charge in [0.25, 0.3) is 0 Å². The molecule has 0 rings (SSSR count). The molecule has 4 nitrogen and oxygen atoms in total. The third-order valence-corrected chi connectivity index (χ3v) is 2.82. The van der Waals surface area contributed by atoms with E-state index in [2.05, 4.69) is 0 Å². The Labute approximate surface area is 110 Å². The molecule has 0 aliphatic heterocycles. The van der Waals surface area contributed by atoms with Crippen molar-refractivity contribution in [2.24, 2.45) is 5.92 Å². The van der Waals surface area contributed by atoms with Crippen LogP contribution in [0.3, 0.4) is 0 Å². The molecule has 0 saturated carbocycles. The molecule has 7 heteroatoms. The number of nitrogens with one attached hydrogen (secondary N) is 1. The minimum absolute atomic E-state index is 0.435. The lowest BCUT2D eigenvalue weighted by atomic mass is 9.98. The summed E-state index contributed by atoms with van der Waals surface area (Å²) in [6.45, 7) is 3.69. The van der Waals surface area contributed by atoms with Gasteiger partial charge in [-0.05, 0) is 12.8 Å². The van der Waals surface area contributed by atoms with E-state index in [1.54, 1.807) is 6.92 Å². The Morgan fingerprint density at radius 3 is 2.21 bits per heavy atom. The fraction of sp³-hybridized carbons (Fsp3) is 0.833. The van der Waals surface area contributed by atoms with Crippen LogP contribution in [0.1, 0.15) is 46.0 Å². The first-order chi connectivity index (χ1) is 8.71. The van der Waals surface area contributed by atoms with Crippen molar-refractivity contribution in [2.45, 2.75) is 58.2 Å². The number of carboxylic acids is 1. The summed E-state index contributed by atoms with van der Waals surface area (Å²) in [4.78, 5) is 22.5. The molecule has 0 aliphatic carbocycles. The van der Waals surface area contributed by atoms with Crippen LogP contribution in [0.15, 0.2) is 0 Å². The van der Waals surface area contributed by atoms with Gasteiger partial charge in [-0.2, -0.15) is 13.2 Å². The van der Waals surface area contributed by atoms with Gasteiger partial charge >= 0.3 is 12.1 Å². The fourth-order valence-corrected chi connectivity index (χ4v) is 1.69. The number of aliphatic carboxylic acids is 1. The molecular weight excluding hydrogens is 263 g/mol. The van der Waals surface area contributed by atoms with Crippen molar-refractivity contribution in [3.63, 3.8) is 0 Å². The summed E-state index contributed by atoms with van der Waals surface area (Å²) in [5.74, 6) is -2.72. The van der Waals surface area contributed by atoms with E-state index in [0.717, 1.165) is 12.8 Å². The molecule has 19 heavy (non-hydrogen) atoms. The topological polar surface area (TPSA) is 66.4 Å². The van der Waals surface area contributed by atoms with E-state index in [1.807, 2.05) is 12.2 Å². The Balaban J connectivity index is 4.56. The molecule has 0 fully saturated rings. The van der Waals surface area contributed by atoms with Crippen LogP contribution < -0.4 is 5.32 Å². The van der Waals surface area contributed by atoms with E-state index in [1.165, 1.54) is 0 Å². The lowest BCUT2D eigenvalue weighted by Gasteiger charge is -2.20. The average Bonchev–Trinajstić information content (AvgIpc) is 2.27. The second-order valence-electron chi connectivity index (χ2n) is 4.47. The molecule has 112 valence electrons. The van der Waals surface area contributed by atoms with Gasteiger partial charge in [0.1, 0.15) is 6.04 Å². The van der Waals surface area contributed by atoms with Gasteiger partial charge in [0.05, 0.1) is 6.42 Å². The number of carboxylic acid groups (broad SMARTS) is 1. The first kappa shape index (κ1) is 17.7. The smallest absolute Gasteiger partial charge is 0.391 e. The molecule has 0 bridgehead atoms. The van der Waals surface area contributed by atoms with E-state index in [-0.39, 0.29) is 0 Å². The van der Waals surface area contributed by atoms with E-state index in [0.29, 0.717) is 12.8 Å². The van der Waals surface area contributed by atoms with Gasteiger partial charge in [-0.1, -0.05) is 26.7 Å². The molecule has 0 spiro atoms. The summed E-state index contributed by atoms with van der Waals surface area (Å²) in [5.41, 5.74) is 0. The number of carbonyl (C=O) groups is 2. The van der Waals surface area contributed by atoms with Crippen molar-refractivity contribution in [1.29, 1.82) is 0 Å². The second kappa shape index (κ2) is 8.01. The Kier molecular flexibility index (Phi) is 7.48. The number of hydrogen-bond acceptors (Lipinski definition) is 2. The number of amides is 1. The Bertz CT molecular complexity index is 305. The van der Waals surface area contributed by atoms with Gasteiger partial charge in [-0.25, -0.2) is 4.79 Å². The molecule has 0 saturated heterocycles. The lowest BCUT2D eigenvalue weighted by molar-refractivity contribution is -0.160. The van der Waals surface area contributed by atoms with Crippen molar-refractivity contribution in [2.75, 3.05) is 0 Å². The SMILES string of the molecule is CCCCC(CC)C(=O)NC(CC(F)(F)F)C(=O)O. The van der Waals surface area contributed by atoms with Crippen molar-refractivity contribution < 1.29 is 27.9 Å². The maximum absolute atomic E-state index is 12.2. The van der Waals surface area contributed by atoms with E-state index in [4.69, 9.17) is 5.11 Å². The summed E-state index contributed by atoms with van der Waals surface area (Å²) < 4.78 is 36.6. The first-order valence-electron chi connectivity index (χ1n) is 6.31. The van der Waals surface area contributed by atoms with E-state index in [9.17, 15) is 22.8 Å². The number of unbranched alkanes of at least 4 members (excludes halogenated alkanes) is 1. The average molecular weight is 283 g/mol. The standard InChI is InChI=1S/C12H20F3NO3/c1-3-5-6-8(4-2)10(17)16-9(11(18)19)7-12(13,14)15/h8-9H,3-7H2,1-2H3,(H,16,17)(H,18,19). The van der Waals surface area contributed by atoms with Crippen molar-refractivity contribution in [3.8, 4) is 0 Å². The minimum atomic E-state index is -4.62. The number of carbonyl (C=O) groups excluding carboxylic acids is 1. The maximum Gasteiger partial charge on any atom is 0.391 e. The van der Waals surface area contributed by atoms with Crippen LogP contribution in [-0.4, -0.2) is 29.2 Å². The monoisotopic (exact) mass is 283 g/mol. The molecule has 1 amide bonds. The largest absolute Gasteiger partial charge is 0.480 e. The summed E-state index contributed by atoms with van der Waals surface area (Å²) in [6, 6.07) is -1.91. The van der Waals surface area contributed by atoms with Crippen LogP contribution in [0.25, 0.3) is 0 Å². The third-order valence-electron chi connectivity index (χ3n) is 2.82. The maximum atomic E-state index is 12.2. The van der Waals surface area contributed by atoms with Crippen LogP contribution >= 0.6 is 0 Å². The quantitative estimate of drug-likeness (QED) is 0.719. The lowest BCUT2D eigenvalue weighted by Crippen LogP contribution is -2.45. The fourth-order valence-electron chi connectivity index (χ4n) is 1.69. The summed E-state index contributed by atoms with van der Waals surface area (Å²) in [7, 11) is 0. The summed E-state index contributed by atoms with van der Waals surface area (Å²) in [5, 5.41) is 10.7. The predicted molar refractivity (Wildman–Crippen MR) is 63.5 cm³/mol. The number of halogens is 3. The molecule has 2 N–H and O–H groups in total. The Morgan fingerprint density at radius 1 is 1.26 bits per heavy atom. The molecule has 0 aromatic rings. The summed E-state index contributed by atoms with van der Waals surface area (Å²) >= 11 is 0. The van der Waals surface area contributed by atoms with Gasteiger partial charge in [-0.15, -0.1) is 0 Å². The van der Waals surface area contributed by atoms with E-state index < -0.39 is 36.4 Å². The molecular formula is C12H20F3NO3. The highest BCUT2D eigenvalue weighted by Gasteiger charge is 2.36. The molecule has 0 aromatic carbocycles. The molecule has 2 unspecified atom stereocenters. The normalized spacial score (nSPS) is 14.8. The predicted octanol–water partition coefficient (Wildman–Crippen LogP) is 2.72. The zero-order valence-corrected chi connectivity index (χ0v) is 11.1. The summed E-state index contributed by atoms with van der Waals surface area (Å²) in [6.07, 6.45) is -3.50. The van der Waals surface area contributed by atoms with Crippen LogP contribution in [0.4, 0.5) is 13.2 Å². The van der Waals surface area contributed by atoms with Gasteiger partial charge in [0.15, 0.2) is 0 Å². The van der Waals surface area contributed by atoms with Crippen LogP contribution in [-0.2, 0) is 9.59 Å². The van der Waals surface area contributed by atoms with Gasteiger partial charge in [0, 0.05) is 5.92 Å². The van der Waals surface area contributed by atoms with Crippen molar-refractivity contribution in [3.05, 3.63) is 0 Å². The Morgan fingerprint density at radius 2 is 1.84 bits per heavy atom. The number of rotatable bonds is 8. The van der Waals surface area contributed by atoms with Gasteiger partial charge < -0.3 is 10.4 Å². The highest BCUT2D eigenvalue weighted by atomic mass is 19.4. The van der Waals surface area contributed by atoms with Crippen molar-refractivity contribution in [1.82, 2.24) is 5.32 Å². The van der Waals surface area contributed by atoms with Gasteiger partial charge in [0.2, 0.25) is 5.91 Å². The van der Waals surface area contributed by atoms with Crippen LogP contribution in [0.5, 0.6) is 0 Å². The van der Waals surface area contributed by atoms with Crippen LogP contribution in [0.2, 0.25) is 0 Å². The number of alkyl halides is 3. The van der Waals surface area contributed by atoms with E-state index >= 15 is 0 Å². The Hall–Kier alpha value is -1.27. The zero-order valence-electron chi connectivity index (χ0n) is 11.1. The van der Waals surface area contributed by atoms with Gasteiger partial charge in [-0.3, -0.25) is 4.79 Å². The molecule has 0 aromatic heterocycles. The molecule has 0 aliphatic rings. The second-order valence-corrected chi connectivity index (χ2v) is 4.47. The zero-order chi connectivity index (χ0) is 15.1. The van der Waals surface area contributed by atoms with Crippen molar-refractivity contribution >= 4 is 11.9 Å². The molecule has 0 heterocycles. The first-order valence-corrected chi connectivity index (χ1v) is 6.31. The molecule has 0 radical (unpaired) electrons. The number of hydrogen-bond donors (Lipinski definition) is 2.